The van der Waals surface area contributed by atoms with Crippen LogP contribution in [0.5, 0.6) is 0 Å². The Balaban J connectivity index is 1.84. The molecule has 0 unspecified atom stereocenters. The Morgan fingerprint density at radius 2 is 1.44 bits per heavy atom. The molecule has 2 rings (SSSR count). The average Bonchev–Trinajstić information content (AvgIpc) is 2.67. The van der Waals surface area contributed by atoms with Gasteiger partial charge in [-0.1, -0.05) is 18.2 Å². The molecule has 0 atom stereocenters. The summed E-state index contributed by atoms with van der Waals surface area (Å²) >= 11 is 1.67. The number of carbonyl (C=O) groups excluding carboxylic acids is 2. The van der Waals surface area contributed by atoms with E-state index >= 15 is 0 Å². The first kappa shape index (κ1) is 21.0. The fraction of sp³-hybridized carbons (Fsp3) is 0.364. The molecule has 0 aliphatic rings. The summed E-state index contributed by atoms with van der Waals surface area (Å²) in [4.78, 5) is 25.6. The van der Waals surface area contributed by atoms with Gasteiger partial charge in [-0.3, -0.25) is 4.79 Å². The molecule has 0 aliphatic carbocycles. The van der Waals surface area contributed by atoms with Crippen molar-refractivity contribution in [1.82, 2.24) is 5.32 Å². The van der Waals surface area contributed by atoms with E-state index in [0.717, 1.165) is 32.9 Å². The van der Waals surface area contributed by atoms with Crippen LogP contribution < -0.4 is 5.32 Å². The minimum Gasteiger partial charge on any atom is -0.452 e. The third kappa shape index (κ3) is 5.36. The van der Waals surface area contributed by atoms with Gasteiger partial charge in [-0.15, -0.1) is 11.8 Å². The number of rotatable bonds is 7. The van der Waals surface area contributed by atoms with E-state index in [1.54, 1.807) is 11.8 Å². The summed E-state index contributed by atoms with van der Waals surface area (Å²) in [5.74, 6) is 0.0380. The summed E-state index contributed by atoms with van der Waals surface area (Å²) in [6.07, 6.45) is 0. The molecule has 27 heavy (non-hydrogen) atoms. The maximum Gasteiger partial charge on any atom is 0.339 e. The van der Waals surface area contributed by atoms with Crippen LogP contribution in [0.15, 0.2) is 35.2 Å². The van der Waals surface area contributed by atoms with Crippen molar-refractivity contribution in [2.45, 2.75) is 39.5 Å². The van der Waals surface area contributed by atoms with E-state index in [0.29, 0.717) is 12.1 Å². The lowest BCUT2D eigenvalue weighted by atomic mass is 9.90. The third-order valence-electron chi connectivity index (χ3n) is 4.97. The van der Waals surface area contributed by atoms with E-state index in [4.69, 9.17) is 4.74 Å². The monoisotopic (exact) mass is 385 g/mol. The minimum atomic E-state index is -0.440. The van der Waals surface area contributed by atoms with Crippen LogP contribution in [0.2, 0.25) is 0 Å². The summed E-state index contributed by atoms with van der Waals surface area (Å²) in [7, 11) is 0. The molecule has 0 aromatic heterocycles. The zero-order valence-corrected chi connectivity index (χ0v) is 17.5. The smallest absolute Gasteiger partial charge is 0.339 e. The van der Waals surface area contributed by atoms with Crippen LogP contribution in [0.25, 0.3) is 0 Å². The molecule has 0 saturated heterocycles. The molecular formula is C22H27NO3S. The molecular weight excluding hydrogens is 358 g/mol. The fourth-order valence-electron chi connectivity index (χ4n) is 2.94. The Hall–Kier alpha value is -2.27. The molecule has 2 aromatic carbocycles. The van der Waals surface area contributed by atoms with Crippen molar-refractivity contribution < 1.29 is 14.3 Å². The molecule has 0 bridgehead atoms. The molecule has 1 N–H and O–H groups in total. The maximum absolute atomic E-state index is 12.5. The molecule has 0 spiro atoms. The quantitative estimate of drug-likeness (QED) is 0.439. The predicted octanol–water partition coefficient (Wildman–Crippen LogP) is 4.29. The first-order valence-electron chi connectivity index (χ1n) is 9.01. The average molecular weight is 386 g/mol. The molecule has 0 saturated carbocycles. The number of esters is 1. The summed E-state index contributed by atoms with van der Waals surface area (Å²) in [6, 6.07) is 10.0. The highest BCUT2D eigenvalue weighted by Gasteiger charge is 2.20. The zero-order chi connectivity index (χ0) is 20.0. The van der Waals surface area contributed by atoms with E-state index in [1.165, 1.54) is 5.56 Å². The van der Waals surface area contributed by atoms with Crippen molar-refractivity contribution in [3.8, 4) is 0 Å². The minimum absolute atomic E-state index is 0.264. The van der Waals surface area contributed by atoms with Crippen LogP contribution in [0, 0.1) is 34.6 Å². The third-order valence-corrected chi connectivity index (χ3v) is 5.99. The molecule has 1 amide bonds. The van der Waals surface area contributed by atoms with E-state index in [2.05, 4.69) is 12.2 Å². The number of amides is 1. The van der Waals surface area contributed by atoms with Crippen LogP contribution in [-0.4, -0.2) is 30.8 Å². The van der Waals surface area contributed by atoms with Gasteiger partial charge in [0, 0.05) is 17.2 Å². The van der Waals surface area contributed by atoms with E-state index < -0.39 is 5.97 Å². The molecule has 4 nitrogen and oxygen atoms in total. The van der Waals surface area contributed by atoms with Crippen molar-refractivity contribution in [3.05, 3.63) is 63.7 Å². The number of nitrogens with one attached hydrogen (secondary N) is 1. The van der Waals surface area contributed by atoms with Crippen molar-refractivity contribution in [3.63, 3.8) is 0 Å². The Bertz CT molecular complexity index is 802. The highest BCUT2D eigenvalue weighted by Crippen LogP contribution is 2.26. The van der Waals surface area contributed by atoms with Gasteiger partial charge >= 0.3 is 5.97 Å². The second kappa shape index (κ2) is 9.60. The lowest BCUT2D eigenvalue weighted by Crippen LogP contribution is -2.30. The van der Waals surface area contributed by atoms with Crippen LogP contribution in [0.4, 0.5) is 0 Å². The molecule has 0 fully saturated rings. The van der Waals surface area contributed by atoms with Gasteiger partial charge in [-0.2, -0.15) is 0 Å². The molecule has 144 valence electrons. The van der Waals surface area contributed by atoms with Gasteiger partial charge in [-0.05, 0) is 74.6 Å². The molecule has 0 radical (unpaired) electrons. The van der Waals surface area contributed by atoms with E-state index in [9.17, 15) is 9.59 Å². The predicted molar refractivity (Wildman–Crippen MR) is 111 cm³/mol. The van der Waals surface area contributed by atoms with Crippen molar-refractivity contribution in [2.24, 2.45) is 0 Å². The zero-order valence-electron chi connectivity index (χ0n) is 16.6. The number of thioether (sulfide) groups is 1. The van der Waals surface area contributed by atoms with Crippen LogP contribution in [0.3, 0.4) is 0 Å². The van der Waals surface area contributed by atoms with Crippen LogP contribution in [0.1, 0.15) is 38.2 Å². The van der Waals surface area contributed by atoms with Gasteiger partial charge in [0.05, 0.1) is 5.56 Å². The molecule has 0 heterocycles. The Morgan fingerprint density at radius 3 is 2.04 bits per heavy atom. The number of hydrogen-bond acceptors (Lipinski definition) is 4. The number of hydrogen-bond donors (Lipinski definition) is 1. The second-order valence-corrected chi connectivity index (χ2v) is 7.76. The first-order chi connectivity index (χ1) is 12.8. The normalized spacial score (nSPS) is 10.6. The van der Waals surface area contributed by atoms with Crippen LogP contribution in [-0.2, 0) is 9.53 Å². The topological polar surface area (TPSA) is 55.4 Å². The van der Waals surface area contributed by atoms with Gasteiger partial charge in [0.2, 0.25) is 0 Å². The summed E-state index contributed by atoms with van der Waals surface area (Å²) < 4.78 is 5.26. The first-order valence-corrected chi connectivity index (χ1v) is 10.00. The molecule has 5 heteroatoms. The van der Waals surface area contributed by atoms with Gasteiger partial charge in [0.25, 0.3) is 5.91 Å². The molecule has 0 aliphatic heterocycles. The van der Waals surface area contributed by atoms with Gasteiger partial charge in [0.1, 0.15) is 0 Å². The largest absolute Gasteiger partial charge is 0.452 e. The van der Waals surface area contributed by atoms with Crippen LogP contribution >= 0.6 is 11.8 Å². The number of benzene rings is 2. The lowest BCUT2D eigenvalue weighted by molar-refractivity contribution is -0.124. The molecule has 2 aromatic rings. The Kier molecular flexibility index (Phi) is 7.48. The maximum atomic E-state index is 12.5. The summed E-state index contributed by atoms with van der Waals surface area (Å²) in [6.45, 7) is 10.2. The van der Waals surface area contributed by atoms with Gasteiger partial charge in [-0.25, -0.2) is 4.79 Å². The van der Waals surface area contributed by atoms with E-state index in [1.807, 2.05) is 58.0 Å². The van der Waals surface area contributed by atoms with E-state index in [-0.39, 0.29) is 12.5 Å². The number of ether oxygens (including phenoxy) is 1. The Labute approximate surface area is 165 Å². The van der Waals surface area contributed by atoms with Gasteiger partial charge < -0.3 is 10.1 Å². The standard InChI is InChI=1S/C22H27NO3S/c1-14-15(2)17(4)21(18(5)16(14)3)22(25)26-13-20(24)23-11-12-27-19-9-7-6-8-10-19/h6-10H,11-13H2,1-5H3,(H,23,24). The van der Waals surface area contributed by atoms with Gasteiger partial charge in [0.15, 0.2) is 6.61 Å². The highest BCUT2D eigenvalue weighted by atomic mass is 32.2. The van der Waals surface area contributed by atoms with Crippen molar-refractivity contribution >= 4 is 23.6 Å². The summed E-state index contributed by atoms with van der Waals surface area (Å²) in [5, 5.41) is 2.78. The van der Waals surface area contributed by atoms with Crippen molar-refractivity contribution in [2.75, 3.05) is 18.9 Å². The lowest BCUT2D eigenvalue weighted by Gasteiger charge is -2.17. The SMILES string of the molecule is Cc1c(C)c(C)c(C(=O)OCC(=O)NCCSc2ccccc2)c(C)c1C. The second-order valence-electron chi connectivity index (χ2n) is 6.59. The summed E-state index contributed by atoms with van der Waals surface area (Å²) in [5.41, 5.74) is 5.78. The Morgan fingerprint density at radius 1 is 0.889 bits per heavy atom. The fourth-order valence-corrected chi connectivity index (χ4v) is 3.73. The highest BCUT2D eigenvalue weighted by molar-refractivity contribution is 7.99. The number of carbonyl (C=O) groups is 2. The van der Waals surface area contributed by atoms with Crippen molar-refractivity contribution in [1.29, 1.82) is 0 Å².